The lowest BCUT2D eigenvalue weighted by Gasteiger charge is -2.06. The topological polar surface area (TPSA) is 59.8 Å². The molecule has 3 aromatic rings. The summed E-state index contributed by atoms with van der Waals surface area (Å²) in [6.45, 7) is 3.95. The van der Waals surface area contributed by atoms with Crippen LogP contribution in [-0.2, 0) is 6.42 Å². The van der Waals surface area contributed by atoms with E-state index in [2.05, 4.69) is 34.7 Å². The third-order valence-electron chi connectivity index (χ3n) is 4.19. The Morgan fingerprint density at radius 2 is 1.96 bits per heavy atom. The molecule has 26 heavy (non-hydrogen) atoms. The molecular weight excluding hydrogens is 331 g/mol. The fraction of sp³-hybridized carbons (Fsp3) is 0.250. The summed E-state index contributed by atoms with van der Waals surface area (Å²) in [6.07, 6.45) is 3.37. The maximum atomic E-state index is 13.3. The highest BCUT2D eigenvalue weighted by Gasteiger charge is 2.17. The average Bonchev–Trinajstić information content (AvgIpc) is 3.02. The molecule has 0 atom stereocenters. The van der Waals surface area contributed by atoms with Gasteiger partial charge in [0.25, 0.3) is 5.91 Å². The molecule has 0 aliphatic rings. The van der Waals surface area contributed by atoms with Crippen LogP contribution in [0, 0.1) is 12.7 Å². The molecule has 5 nitrogen and oxygen atoms in total. The minimum atomic E-state index is -0.418. The molecule has 0 bridgehead atoms. The quantitative estimate of drug-likeness (QED) is 0.719. The Balaban J connectivity index is 1.78. The van der Waals surface area contributed by atoms with Crippen molar-refractivity contribution in [3.8, 4) is 5.69 Å². The van der Waals surface area contributed by atoms with Gasteiger partial charge in [0.1, 0.15) is 5.82 Å². The first-order chi connectivity index (χ1) is 12.6. The molecule has 3 rings (SSSR count). The molecule has 134 valence electrons. The normalized spacial score (nSPS) is 10.7. The lowest BCUT2D eigenvalue weighted by Crippen LogP contribution is -2.14. The predicted molar refractivity (Wildman–Crippen MR) is 99.1 cm³/mol. The zero-order valence-electron chi connectivity index (χ0n) is 14.9. The molecule has 0 aliphatic carbocycles. The average molecular weight is 352 g/mol. The second-order valence-electron chi connectivity index (χ2n) is 6.17. The van der Waals surface area contributed by atoms with Crippen molar-refractivity contribution in [2.75, 3.05) is 5.32 Å². The van der Waals surface area contributed by atoms with Crippen molar-refractivity contribution >= 4 is 11.6 Å². The molecule has 1 heterocycles. The number of carbonyl (C=O) groups excluding carboxylic acids is 1. The Labute approximate surface area is 151 Å². The van der Waals surface area contributed by atoms with Crippen LogP contribution in [0.5, 0.6) is 0 Å². The fourth-order valence-electron chi connectivity index (χ4n) is 2.73. The van der Waals surface area contributed by atoms with Crippen LogP contribution in [0.2, 0.25) is 0 Å². The molecule has 0 aliphatic heterocycles. The second-order valence-corrected chi connectivity index (χ2v) is 6.17. The van der Waals surface area contributed by atoms with Crippen molar-refractivity contribution < 1.29 is 9.18 Å². The lowest BCUT2D eigenvalue weighted by molar-refractivity contribution is 0.102. The third-order valence-corrected chi connectivity index (χ3v) is 4.19. The van der Waals surface area contributed by atoms with Crippen molar-refractivity contribution in [2.45, 2.75) is 33.1 Å². The molecule has 6 heteroatoms. The maximum absolute atomic E-state index is 13.3. The van der Waals surface area contributed by atoms with Crippen LogP contribution in [0.3, 0.4) is 0 Å². The number of halogens is 1. The Bertz CT molecular complexity index is 902. The van der Waals surface area contributed by atoms with Gasteiger partial charge in [0, 0.05) is 5.69 Å². The molecule has 1 amide bonds. The molecule has 2 aromatic carbocycles. The first kappa shape index (κ1) is 17.8. The molecule has 0 spiro atoms. The number of nitrogens with one attached hydrogen (secondary N) is 1. The predicted octanol–water partition coefficient (Wildman–Crippen LogP) is 4.31. The van der Waals surface area contributed by atoms with Gasteiger partial charge in [0.15, 0.2) is 5.69 Å². The van der Waals surface area contributed by atoms with Crippen LogP contribution in [0.4, 0.5) is 10.1 Å². The van der Waals surface area contributed by atoms with Crippen molar-refractivity contribution in [3.05, 3.63) is 71.3 Å². The lowest BCUT2D eigenvalue weighted by atomic mass is 10.1. The summed E-state index contributed by atoms with van der Waals surface area (Å²) in [6, 6.07) is 13.8. The van der Waals surface area contributed by atoms with E-state index in [0.29, 0.717) is 11.4 Å². The first-order valence-electron chi connectivity index (χ1n) is 8.67. The van der Waals surface area contributed by atoms with E-state index >= 15 is 0 Å². The minimum Gasteiger partial charge on any atom is -0.320 e. The van der Waals surface area contributed by atoms with Gasteiger partial charge in [-0.05, 0) is 55.7 Å². The van der Waals surface area contributed by atoms with E-state index in [9.17, 15) is 9.18 Å². The van der Waals surface area contributed by atoms with Crippen LogP contribution in [0.25, 0.3) is 5.69 Å². The monoisotopic (exact) mass is 352 g/mol. The van der Waals surface area contributed by atoms with Crippen molar-refractivity contribution in [3.63, 3.8) is 0 Å². The van der Waals surface area contributed by atoms with Crippen molar-refractivity contribution in [1.29, 1.82) is 0 Å². The number of hydrogen-bond acceptors (Lipinski definition) is 3. The van der Waals surface area contributed by atoms with E-state index in [0.717, 1.165) is 24.9 Å². The van der Waals surface area contributed by atoms with Crippen molar-refractivity contribution in [2.24, 2.45) is 0 Å². The minimum absolute atomic E-state index is 0.212. The summed E-state index contributed by atoms with van der Waals surface area (Å²) in [5.41, 5.74) is 3.34. The summed E-state index contributed by atoms with van der Waals surface area (Å²) >= 11 is 0. The van der Waals surface area contributed by atoms with E-state index in [1.165, 1.54) is 23.8 Å². The van der Waals surface area contributed by atoms with Crippen LogP contribution in [0.15, 0.2) is 48.5 Å². The number of benzene rings is 2. The van der Waals surface area contributed by atoms with Crippen molar-refractivity contribution in [1.82, 2.24) is 15.0 Å². The molecular formula is C20H21FN4O. The SMILES string of the molecule is CCCCc1ccc(-n2nnc(C(=O)Nc3cccc(F)c3)c2C)cc1. The maximum Gasteiger partial charge on any atom is 0.278 e. The highest BCUT2D eigenvalue weighted by atomic mass is 19.1. The number of rotatable bonds is 6. The number of aryl methyl sites for hydroxylation is 1. The van der Waals surface area contributed by atoms with Gasteiger partial charge in [-0.25, -0.2) is 9.07 Å². The highest BCUT2D eigenvalue weighted by Crippen LogP contribution is 2.16. The van der Waals surface area contributed by atoms with Crippen LogP contribution in [-0.4, -0.2) is 20.9 Å². The van der Waals surface area contributed by atoms with Crippen LogP contribution in [0.1, 0.15) is 41.5 Å². The summed E-state index contributed by atoms with van der Waals surface area (Å²) in [7, 11) is 0. The fourth-order valence-corrected chi connectivity index (χ4v) is 2.73. The van der Waals surface area contributed by atoms with Gasteiger partial charge >= 0.3 is 0 Å². The number of anilines is 1. The zero-order chi connectivity index (χ0) is 18.5. The second kappa shape index (κ2) is 7.91. The summed E-state index contributed by atoms with van der Waals surface area (Å²) in [5.74, 6) is -0.828. The van der Waals surface area contributed by atoms with E-state index in [1.54, 1.807) is 17.7 Å². The standard InChI is InChI=1S/C20H21FN4O/c1-3-4-6-15-9-11-18(12-10-15)25-14(2)19(23-24-25)20(26)22-17-8-5-7-16(21)13-17/h5,7-13H,3-4,6H2,1-2H3,(H,22,26). The Hall–Kier alpha value is -3.02. The molecule has 0 fully saturated rings. The summed E-state index contributed by atoms with van der Waals surface area (Å²) in [4.78, 5) is 12.4. The first-order valence-corrected chi connectivity index (χ1v) is 8.67. The van der Waals surface area contributed by atoms with Gasteiger partial charge in [-0.3, -0.25) is 4.79 Å². The Kier molecular flexibility index (Phi) is 5.41. The number of aromatic nitrogens is 3. The molecule has 0 radical (unpaired) electrons. The van der Waals surface area contributed by atoms with Crippen LogP contribution < -0.4 is 5.32 Å². The largest absolute Gasteiger partial charge is 0.320 e. The van der Waals surface area contributed by atoms with E-state index < -0.39 is 11.7 Å². The van der Waals surface area contributed by atoms with Gasteiger partial charge in [-0.15, -0.1) is 5.10 Å². The number of hydrogen-bond donors (Lipinski definition) is 1. The van der Waals surface area contributed by atoms with Gasteiger partial charge in [-0.1, -0.05) is 36.8 Å². The Morgan fingerprint density at radius 3 is 2.65 bits per heavy atom. The number of unbranched alkanes of at least 4 members (excludes halogenated alkanes) is 1. The van der Waals surface area contributed by atoms with E-state index in [4.69, 9.17) is 0 Å². The van der Waals surface area contributed by atoms with E-state index in [1.807, 2.05) is 12.1 Å². The molecule has 1 aromatic heterocycles. The summed E-state index contributed by atoms with van der Waals surface area (Å²) < 4.78 is 14.9. The number of nitrogens with zero attached hydrogens (tertiary/aromatic N) is 3. The third kappa shape index (κ3) is 3.96. The summed E-state index contributed by atoms with van der Waals surface area (Å²) in [5, 5.41) is 10.7. The zero-order valence-corrected chi connectivity index (χ0v) is 14.9. The molecule has 0 saturated heterocycles. The van der Waals surface area contributed by atoms with Gasteiger partial charge in [-0.2, -0.15) is 0 Å². The molecule has 0 unspecified atom stereocenters. The number of carbonyl (C=O) groups is 1. The molecule has 0 saturated carbocycles. The van der Waals surface area contributed by atoms with Crippen LogP contribution >= 0.6 is 0 Å². The number of amides is 1. The highest BCUT2D eigenvalue weighted by molar-refractivity contribution is 6.03. The van der Waals surface area contributed by atoms with Gasteiger partial charge in [0.2, 0.25) is 0 Å². The van der Waals surface area contributed by atoms with E-state index in [-0.39, 0.29) is 5.69 Å². The van der Waals surface area contributed by atoms with Gasteiger partial charge in [0.05, 0.1) is 11.4 Å². The Morgan fingerprint density at radius 1 is 1.19 bits per heavy atom. The smallest absolute Gasteiger partial charge is 0.278 e. The molecule has 1 N–H and O–H groups in total. The van der Waals surface area contributed by atoms with Gasteiger partial charge < -0.3 is 5.32 Å².